The molecule has 31 heavy (non-hydrogen) atoms. The molecule has 166 valence electrons. The zero-order valence-corrected chi connectivity index (χ0v) is 17.6. The van der Waals surface area contributed by atoms with E-state index in [1.54, 1.807) is 12.1 Å². The van der Waals surface area contributed by atoms with Crippen molar-refractivity contribution in [1.29, 1.82) is 0 Å². The Kier molecular flexibility index (Phi) is 6.46. The number of aromatic nitrogens is 1. The first-order valence-corrected chi connectivity index (χ1v) is 10.8. The number of nitrogens with zero attached hydrogens (tertiary/aromatic N) is 2. The molecule has 0 atom stereocenters. The van der Waals surface area contributed by atoms with Gasteiger partial charge in [-0.15, -0.1) is 4.91 Å². The summed E-state index contributed by atoms with van der Waals surface area (Å²) in [4.78, 5) is 24.0. The van der Waals surface area contributed by atoms with Crippen molar-refractivity contribution in [3.8, 4) is 11.3 Å². The predicted octanol–water partition coefficient (Wildman–Crippen LogP) is 5.51. The fourth-order valence-electron chi connectivity index (χ4n) is 4.36. The Labute approximate surface area is 179 Å². The van der Waals surface area contributed by atoms with Crippen LogP contribution in [0.4, 0.5) is 14.5 Å². The lowest BCUT2D eigenvalue weighted by atomic mass is 9.85. The van der Waals surface area contributed by atoms with Crippen molar-refractivity contribution in [1.82, 2.24) is 9.88 Å². The summed E-state index contributed by atoms with van der Waals surface area (Å²) in [6.45, 7) is 3.90. The lowest BCUT2D eigenvalue weighted by Gasteiger charge is -2.27. The van der Waals surface area contributed by atoms with Gasteiger partial charge in [0.05, 0.1) is 5.56 Å². The van der Waals surface area contributed by atoms with Crippen molar-refractivity contribution >= 4 is 11.6 Å². The molecule has 1 amide bonds. The molecule has 6 nitrogen and oxygen atoms in total. The second-order valence-corrected chi connectivity index (χ2v) is 8.46. The van der Waals surface area contributed by atoms with E-state index in [0.717, 1.165) is 37.9 Å². The van der Waals surface area contributed by atoms with E-state index in [9.17, 15) is 18.5 Å². The third-order valence-electron chi connectivity index (χ3n) is 6.49. The van der Waals surface area contributed by atoms with Gasteiger partial charge in [-0.05, 0) is 67.5 Å². The molecular formula is C23H27F2N3O3. The number of benzene rings is 1. The summed E-state index contributed by atoms with van der Waals surface area (Å²) in [6.07, 6.45) is 2.18. The zero-order valence-electron chi connectivity index (χ0n) is 17.6. The van der Waals surface area contributed by atoms with Crippen LogP contribution < -0.4 is 5.32 Å². The van der Waals surface area contributed by atoms with E-state index >= 15 is 0 Å². The van der Waals surface area contributed by atoms with Crippen LogP contribution in [-0.2, 0) is 11.3 Å². The number of halogens is 2. The Balaban J connectivity index is 1.70. The first-order chi connectivity index (χ1) is 15.0. The second-order valence-electron chi connectivity index (χ2n) is 8.46. The lowest BCUT2D eigenvalue weighted by Crippen LogP contribution is -2.39. The molecule has 2 aromatic rings. The van der Waals surface area contributed by atoms with Gasteiger partial charge >= 0.3 is 0 Å². The van der Waals surface area contributed by atoms with E-state index in [4.69, 9.17) is 4.74 Å². The molecule has 0 radical (unpaired) electrons. The number of ether oxygens (including phenoxy) is 1. The van der Waals surface area contributed by atoms with Gasteiger partial charge in [0.25, 0.3) is 12.3 Å². The molecule has 0 unspecified atom stereocenters. The molecule has 2 heterocycles. The van der Waals surface area contributed by atoms with Crippen molar-refractivity contribution in [2.75, 3.05) is 13.2 Å². The normalized spacial score (nSPS) is 17.5. The minimum absolute atomic E-state index is 0.0717. The molecule has 1 aromatic carbocycles. The highest BCUT2D eigenvalue weighted by molar-refractivity contribution is 5.97. The molecule has 4 rings (SSSR count). The maximum atomic E-state index is 13.5. The summed E-state index contributed by atoms with van der Waals surface area (Å²) < 4.78 is 34.4. The summed E-state index contributed by atoms with van der Waals surface area (Å²) in [5.74, 6) is 0.361. The van der Waals surface area contributed by atoms with Gasteiger partial charge in [-0.1, -0.05) is 12.5 Å². The number of hydrogen-bond acceptors (Lipinski definition) is 4. The number of nitroso groups, excluding NO2 is 1. The molecule has 2 fully saturated rings. The molecule has 2 aliphatic rings. The maximum absolute atomic E-state index is 13.5. The van der Waals surface area contributed by atoms with Crippen LogP contribution in [0.2, 0.25) is 0 Å². The highest BCUT2D eigenvalue weighted by Crippen LogP contribution is 2.37. The van der Waals surface area contributed by atoms with Gasteiger partial charge in [0.15, 0.2) is 0 Å². The summed E-state index contributed by atoms with van der Waals surface area (Å²) in [6, 6.07) is 6.10. The quantitative estimate of drug-likeness (QED) is 0.588. The van der Waals surface area contributed by atoms with Gasteiger partial charge in [0.2, 0.25) is 0 Å². The molecule has 1 saturated carbocycles. The highest BCUT2D eigenvalue weighted by atomic mass is 19.3. The molecule has 1 aliphatic carbocycles. The third kappa shape index (κ3) is 4.54. The SMILES string of the molecule is Cc1c(C(=O)NC2CCOCC2)cc(-c2ccc(N=O)c(C(F)F)c2)n1CC1CCC1. The first kappa shape index (κ1) is 21.6. The Morgan fingerprint density at radius 1 is 1.23 bits per heavy atom. The summed E-state index contributed by atoms with van der Waals surface area (Å²) >= 11 is 0. The minimum Gasteiger partial charge on any atom is -0.381 e. The fraction of sp³-hybridized carbons (Fsp3) is 0.522. The van der Waals surface area contributed by atoms with E-state index in [-0.39, 0.29) is 17.6 Å². The van der Waals surface area contributed by atoms with Gasteiger partial charge in [0, 0.05) is 42.8 Å². The van der Waals surface area contributed by atoms with Crippen molar-refractivity contribution in [2.45, 2.75) is 58.0 Å². The van der Waals surface area contributed by atoms with Crippen LogP contribution in [0, 0.1) is 17.7 Å². The Morgan fingerprint density at radius 2 is 1.97 bits per heavy atom. The molecule has 0 bridgehead atoms. The van der Waals surface area contributed by atoms with Crippen LogP contribution in [0.25, 0.3) is 11.3 Å². The van der Waals surface area contributed by atoms with Crippen LogP contribution in [0.1, 0.15) is 60.1 Å². The Hall–Kier alpha value is -2.61. The second kappa shape index (κ2) is 9.26. The topological polar surface area (TPSA) is 72.7 Å². The van der Waals surface area contributed by atoms with Gasteiger partial charge in [-0.3, -0.25) is 4.79 Å². The summed E-state index contributed by atoms with van der Waals surface area (Å²) in [7, 11) is 0. The zero-order chi connectivity index (χ0) is 22.0. The van der Waals surface area contributed by atoms with Gasteiger partial charge in [-0.25, -0.2) is 8.78 Å². The van der Waals surface area contributed by atoms with Crippen molar-refractivity contribution in [2.24, 2.45) is 11.1 Å². The first-order valence-electron chi connectivity index (χ1n) is 10.8. The van der Waals surface area contributed by atoms with Crippen LogP contribution in [0.3, 0.4) is 0 Å². The van der Waals surface area contributed by atoms with Crippen LogP contribution in [0.5, 0.6) is 0 Å². The maximum Gasteiger partial charge on any atom is 0.266 e. The smallest absolute Gasteiger partial charge is 0.266 e. The number of amides is 1. The Bertz CT molecular complexity index is 963. The average molecular weight is 431 g/mol. The van der Waals surface area contributed by atoms with E-state index in [0.29, 0.717) is 36.0 Å². The monoisotopic (exact) mass is 431 g/mol. The molecule has 1 saturated heterocycles. The van der Waals surface area contributed by atoms with Crippen LogP contribution in [0.15, 0.2) is 29.4 Å². The van der Waals surface area contributed by atoms with Gasteiger partial charge in [0.1, 0.15) is 5.69 Å². The largest absolute Gasteiger partial charge is 0.381 e. The number of carbonyl (C=O) groups is 1. The number of alkyl halides is 2. The number of hydrogen-bond donors (Lipinski definition) is 1. The molecule has 1 aliphatic heterocycles. The molecular weight excluding hydrogens is 404 g/mol. The Morgan fingerprint density at radius 3 is 2.58 bits per heavy atom. The van der Waals surface area contributed by atoms with Crippen molar-refractivity contribution < 1.29 is 18.3 Å². The van der Waals surface area contributed by atoms with E-state index < -0.39 is 12.0 Å². The van der Waals surface area contributed by atoms with E-state index in [1.165, 1.54) is 18.6 Å². The van der Waals surface area contributed by atoms with Crippen LogP contribution in [-0.4, -0.2) is 29.7 Å². The minimum atomic E-state index is -2.81. The molecule has 1 N–H and O–H groups in total. The number of nitrogens with one attached hydrogen (secondary N) is 1. The summed E-state index contributed by atoms with van der Waals surface area (Å²) in [5, 5.41) is 5.81. The van der Waals surface area contributed by atoms with Crippen molar-refractivity contribution in [3.63, 3.8) is 0 Å². The fourth-order valence-corrected chi connectivity index (χ4v) is 4.36. The van der Waals surface area contributed by atoms with Gasteiger partial charge < -0.3 is 14.6 Å². The van der Waals surface area contributed by atoms with E-state index in [1.807, 2.05) is 6.92 Å². The van der Waals surface area contributed by atoms with Crippen molar-refractivity contribution in [3.05, 3.63) is 46.0 Å². The molecule has 0 spiro atoms. The number of carbonyl (C=O) groups excluding carboxylic acids is 1. The van der Waals surface area contributed by atoms with E-state index in [2.05, 4.69) is 15.1 Å². The average Bonchev–Trinajstić information content (AvgIpc) is 3.07. The highest BCUT2D eigenvalue weighted by Gasteiger charge is 2.26. The lowest BCUT2D eigenvalue weighted by molar-refractivity contribution is 0.0696. The molecule has 1 aromatic heterocycles. The predicted molar refractivity (Wildman–Crippen MR) is 114 cm³/mol. The molecule has 8 heteroatoms. The van der Waals surface area contributed by atoms with Crippen LogP contribution >= 0.6 is 0 Å². The summed E-state index contributed by atoms with van der Waals surface area (Å²) in [5.41, 5.74) is 1.98. The standard InChI is InChI=1S/C23H27F2N3O3/c1-14-18(23(29)26-17-7-9-31-10-8-17)12-21(28(14)13-15-3-2-4-15)16-5-6-20(27-30)19(11-16)22(24)25/h5-6,11-12,15,17,22H,2-4,7-10,13H2,1H3,(H,26,29). The third-order valence-corrected chi connectivity index (χ3v) is 6.49. The van der Waals surface area contributed by atoms with Gasteiger partial charge in [-0.2, -0.15) is 0 Å². The number of rotatable bonds is 7.